The fourth-order valence-corrected chi connectivity index (χ4v) is 1.51. The number of carboxylic acids is 1. The fraction of sp³-hybridized carbons (Fsp3) is 0.0909. The third kappa shape index (κ3) is 2.41. The van der Waals surface area contributed by atoms with E-state index in [1.54, 1.807) is 12.1 Å². The normalized spacial score (nSPS) is 10.4. The topological polar surface area (TPSA) is 81.1 Å². The first kappa shape index (κ1) is 11.1. The number of nitrogens with zero attached hydrogens (tertiary/aromatic N) is 2. The van der Waals surface area contributed by atoms with Gasteiger partial charge in [-0.25, -0.2) is 9.18 Å². The van der Waals surface area contributed by atoms with Crippen molar-refractivity contribution < 1.29 is 14.3 Å². The first-order chi connectivity index (χ1) is 8.06. The van der Waals surface area contributed by atoms with Gasteiger partial charge in [0.05, 0.1) is 12.2 Å². The molecule has 0 amide bonds. The Morgan fingerprint density at radius 3 is 2.88 bits per heavy atom. The maximum Gasteiger partial charge on any atom is 0.358 e. The lowest BCUT2D eigenvalue weighted by Gasteiger charge is -2.01. The van der Waals surface area contributed by atoms with Gasteiger partial charge in [0.25, 0.3) is 0 Å². The minimum absolute atomic E-state index is 0.0916. The van der Waals surface area contributed by atoms with Crippen LogP contribution in [0.15, 0.2) is 30.5 Å². The van der Waals surface area contributed by atoms with E-state index in [1.807, 2.05) is 0 Å². The average molecular weight is 235 g/mol. The highest BCUT2D eigenvalue weighted by Crippen LogP contribution is 2.11. The molecule has 0 aliphatic heterocycles. The first-order valence-electron chi connectivity index (χ1n) is 4.87. The van der Waals surface area contributed by atoms with Crippen LogP contribution in [-0.2, 0) is 6.54 Å². The second kappa shape index (κ2) is 4.25. The molecule has 0 aliphatic carbocycles. The monoisotopic (exact) mass is 235 g/mol. The summed E-state index contributed by atoms with van der Waals surface area (Å²) in [6.07, 6.45) is 1.41. The van der Waals surface area contributed by atoms with Crippen LogP contribution in [0.4, 0.5) is 10.1 Å². The second-order valence-corrected chi connectivity index (χ2v) is 3.57. The zero-order valence-corrected chi connectivity index (χ0v) is 8.80. The summed E-state index contributed by atoms with van der Waals surface area (Å²) in [7, 11) is 0. The van der Waals surface area contributed by atoms with Crippen LogP contribution >= 0.6 is 0 Å². The van der Waals surface area contributed by atoms with Crippen LogP contribution in [0.1, 0.15) is 16.1 Å². The van der Waals surface area contributed by atoms with Crippen molar-refractivity contribution in [2.24, 2.45) is 0 Å². The van der Waals surface area contributed by atoms with E-state index in [4.69, 9.17) is 10.8 Å². The third-order valence-electron chi connectivity index (χ3n) is 2.23. The summed E-state index contributed by atoms with van der Waals surface area (Å²) in [5.74, 6) is -1.53. The van der Waals surface area contributed by atoms with Crippen LogP contribution < -0.4 is 5.73 Å². The van der Waals surface area contributed by atoms with Gasteiger partial charge in [-0.15, -0.1) is 0 Å². The second-order valence-electron chi connectivity index (χ2n) is 3.57. The number of rotatable bonds is 3. The zero-order valence-electron chi connectivity index (χ0n) is 8.80. The Labute approximate surface area is 96.3 Å². The molecule has 2 aromatic rings. The Morgan fingerprint density at radius 1 is 1.53 bits per heavy atom. The van der Waals surface area contributed by atoms with E-state index in [2.05, 4.69) is 5.10 Å². The van der Waals surface area contributed by atoms with Crippen molar-refractivity contribution in [1.29, 1.82) is 0 Å². The molecule has 0 saturated carbocycles. The lowest BCUT2D eigenvalue weighted by Crippen LogP contribution is -2.04. The van der Waals surface area contributed by atoms with Gasteiger partial charge in [-0.2, -0.15) is 5.10 Å². The van der Waals surface area contributed by atoms with Crippen LogP contribution in [0.25, 0.3) is 0 Å². The van der Waals surface area contributed by atoms with Gasteiger partial charge < -0.3 is 10.8 Å². The molecule has 0 saturated heterocycles. The van der Waals surface area contributed by atoms with E-state index in [0.29, 0.717) is 5.56 Å². The number of carbonyl (C=O) groups is 1. The minimum Gasteiger partial charge on any atom is -0.476 e. The largest absolute Gasteiger partial charge is 0.476 e. The van der Waals surface area contributed by atoms with Crippen molar-refractivity contribution in [2.45, 2.75) is 6.54 Å². The fourth-order valence-electron chi connectivity index (χ4n) is 1.51. The number of aromatic carboxylic acids is 1. The summed E-state index contributed by atoms with van der Waals surface area (Å²) < 4.78 is 14.3. The van der Waals surface area contributed by atoms with Crippen LogP contribution in [-0.4, -0.2) is 20.9 Å². The van der Waals surface area contributed by atoms with Crippen molar-refractivity contribution in [3.05, 3.63) is 47.5 Å². The number of anilines is 1. The van der Waals surface area contributed by atoms with E-state index in [1.165, 1.54) is 23.0 Å². The van der Waals surface area contributed by atoms with Crippen LogP contribution in [0.5, 0.6) is 0 Å². The Hall–Kier alpha value is -2.37. The van der Waals surface area contributed by atoms with Crippen molar-refractivity contribution in [1.82, 2.24) is 9.78 Å². The van der Waals surface area contributed by atoms with E-state index >= 15 is 0 Å². The highest BCUT2D eigenvalue weighted by Gasteiger charge is 2.13. The summed E-state index contributed by atoms with van der Waals surface area (Å²) in [5.41, 5.74) is 6.07. The number of carboxylic acid groups (broad SMARTS) is 1. The Bertz CT molecular complexity index is 566. The molecular weight excluding hydrogens is 225 g/mol. The first-order valence-corrected chi connectivity index (χ1v) is 4.87. The maximum atomic E-state index is 12.9. The quantitative estimate of drug-likeness (QED) is 0.841. The molecule has 1 heterocycles. The summed E-state index contributed by atoms with van der Waals surface area (Å²) in [6.45, 7) is 0.273. The van der Waals surface area contributed by atoms with Gasteiger partial charge in [-0.05, 0) is 17.7 Å². The van der Waals surface area contributed by atoms with Gasteiger partial charge in [-0.1, -0.05) is 12.1 Å². The van der Waals surface area contributed by atoms with E-state index in [0.717, 1.165) is 0 Å². The van der Waals surface area contributed by atoms with E-state index < -0.39 is 5.97 Å². The number of halogens is 1. The maximum absolute atomic E-state index is 12.9. The summed E-state index contributed by atoms with van der Waals surface area (Å²) in [4.78, 5) is 10.7. The van der Waals surface area contributed by atoms with Crippen molar-refractivity contribution >= 4 is 11.7 Å². The van der Waals surface area contributed by atoms with E-state index in [9.17, 15) is 9.18 Å². The van der Waals surface area contributed by atoms with Crippen molar-refractivity contribution in [2.75, 3.05) is 5.73 Å². The molecular formula is C11H10FN3O2. The molecule has 0 fully saturated rings. The molecule has 6 heteroatoms. The molecule has 0 atom stereocenters. The summed E-state index contributed by atoms with van der Waals surface area (Å²) in [5, 5.41) is 12.6. The lowest BCUT2D eigenvalue weighted by molar-refractivity contribution is 0.0690. The van der Waals surface area contributed by atoms with Crippen LogP contribution in [0.2, 0.25) is 0 Å². The van der Waals surface area contributed by atoms with Gasteiger partial charge in [0, 0.05) is 6.20 Å². The Balaban J connectivity index is 2.25. The Morgan fingerprint density at radius 2 is 2.29 bits per heavy atom. The Kier molecular flexibility index (Phi) is 2.78. The molecule has 0 spiro atoms. The van der Waals surface area contributed by atoms with E-state index in [-0.39, 0.29) is 23.7 Å². The number of benzene rings is 1. The molecule has 0 aliphatic rings. The van der Waals surface area contributed by atoms with Crippen molar-refractivity contribution in [3.63, 3.8) is 0 Å². The molecule has 2 rings (SSSR count). The zero-order chi connectivity index (χ0) is 12.4. The highest BCUT2D eigenvalue weighted by atomic mass is 19.1. The summed E-state index contributed by atoms with van der Waals surface area (Å²) >= 11 is 0. The number of nitrogens with two attached hydrogens (primary N) is 1. The smallest absolute Gasteiger partial charge is 0.358 e. The van der Waals surface area contributed by atoms with Crippen molar-refractivity contribution in [3.8, 4) is 0 Å². The predicted molar refractivity (Wildman–Crippen MR) is 59.1 cm³/mol. The minimum atomic E-state index is -1.18. The van der Waals surface area contributed by atoms with Gasteiger partial charge in [0.15, 0.2) is 5.69 Å². The highest BCUT2D eigenvalue weighted by molar-refractivity contribution is 5.91. The van der Waals surface area contributed by atoms with Gasteiger partial charge in [-0.3, -0.25) is 4.68 Å². The van der Waals surface area contributed by atoms with Gasteiger partial charge >= 0.3 is 5.97 Å². The molecule has 88 valence electrons. The van der Waals surface area contributed by atoms with Crippen LogP contribution in [0.3, 0.4) is 0 Å². The number of aromatic nitrogens is 2. The molecule has 1 aromatic carbocycles. The summed E-state index contributed by atoms with van der Waals surface area (Å²) in [6, 6.07) is 6.00. The molecule has 0 unspecified atom stereocenters. The number of hydrogen-bond donors (Lipinski definition) is 2. The number of hydrogen-bond acceptors (Lipinski definition) is 3. The number of nitrogen functional groups attached to an aromatic ring is 1. The van der Waals surface area contributed by atoms with Gasteiger partial charge in [0.1, 0.15) is 5.82 Å². The van der Waals surface area contributed by atoms with Gasteiger partial charge in [0.2, 0.25) is 0 Å². The molecule has 0 radical (unpaired) electrons. The van der Waals surface area contributed by atoms with Crippen LogP contribution in [0, 0.1) is 5.82 Å². The average Bonchev–Trinajstić information content (AvgIpc) is 2.59. The molecule has 1 aromatic heterocycles. The standard InChI is InChI=1S/C11H10FN3O2/c12-8-3-1-2-7(4-8)5-15-6-9(13)10(14-15)11(16)17/h1-4,6H,5,13H2,(H,16,17). The third-order valence-corrected chi connectivity index (χ3v) is 2.23. The lowest BCUT2D eigenvalue weighted by atomic mass is 10.2. The molecule has 17 heavy (non-hydrogen) atoms. The molecule has 0 bridgehead atoms. The molecule has 5 nitrogen and oxygen atoms in total. The molecule has 3 N–H and O–H groups in total. The predicted octanol–water partition coefficient (Wildman–Crippen LogP) is 1.35. The SMILES string of the molecule is Nc1cn(Cc2cccc(F)c2)nc1C(=O)O.